The summed E-state index contributed by atoms with van der Waals surface area (Å²) in [5, 5.41) is 0. The molecule has 0 bridgehead atoms. The van der Waals surface area contributed by atoms with E-state index < -0.39 is 0 Å². The second kappa shape index (κ2) is 7.31. The quantitative estimate of drug-likeness (QED) is 0.532. The lowest BCUT2D eigenvalue weighted by Crippen LogP contribution is -2.12. The minimum Gasteiger partial charge on any atom is -0.0651 e. The predicted molar refractivity (Wildman–Crippen MR) is 66.5 cm³/mol. The molecule has 0 aliphatic heterocycles. The summed E-state index contributed by atoms with van der Waals surface area (Å²) in [5.74, 6) is 3.60. The monoisotopic (exact) mass is 198 g/mol. The molecule has 0 amide bonds. The van der Waals surface area contributed by atoms with Gasteiger partial charge in [0.25, 0.3) is 0 Å². The molecule has 0 radical (unpaired) electrons. The molecule has 0 aliphatic carbocycles. The van der Waals surface area contributed by atoms with Gasteiger partial charge in [-0.25, -0.2) is 0 Å². The first kappa shape index (κ1) is 14.0. The molecule has 86 valence electrons. The van der Waals surface area contributed by atoms with Crippen molar-refractivity contribution in [2.75, 3.05) is 0 Å². The highest BCUT2D eigenvalue weighted by molar-refractivity contribution is 4.66. The second-order valence-corrected chi connectivity index (χ2v) is 5.72. The molecule has 0 N–H and O–H groups in total. The van der Waals surface area contributed by atoms with Crippen molar-refractivity contribution in [1.82, 2.24) is 0 Å². The molecular formula is C14H30. The molecular weight excluding hydrogens is 168 g/mol. The molecule has 0 aromatic rings. The second-order valence-electron chi connectivity index (χ2n) is 5.72. The lowest BCUT2D eigenvalue weighted by molar-refractivity contribution is 0.282. The van der Waals surface area contributed by atoms with Crippen LogP contribution in [0.3, 0.4) is 0 Å². The first-order valence-corrected chi connectivity index (χ1v) is 6.47. The van der Waals surface area contributed by atoms with Gasteiger partial charge in [0.2, 0.25) is 0 Å². The predicted octanol–water partition coefficient (Wildman–Crippen LogP) is 5.13. The minimum absolute atomic E-state index is 0.862. The van der Waals surface area contributed by atoms with E-state index in [0.29, 0.717) is 0 Å². The van der Waals surface area contributed by atoms with Crippen LogP contribution in [0.15, 0.2) is 0 Å². The molecule has 0 heteroatoms. The summed E-state index contributed by atoms with van der Waals surface area (Å²) in [6, 6.07) is 0. The fourth-order valence-electron chi connectivity index (χ4n) is 2.16. The van der Waals surface area contributed by atoms with Crippen LogP contribution in [-0.4, -0.2) is 0 Å². The molecule has 14 heavy (non-hydrogen) atoms. The summed E-state index contributed by atoms with van der Waals surface area (Å²) in [5.41, 5.74) is 0. The van der Waals surface area contributed by atoms with Crippen LogP contribution in [0.2, 0.25) is 0 Å². The Morgan fingerprint density at radius 1 is 0.857 bits per heavy atom. The third-order valence-corrected chi connectivity index (χ3v) is 3.41. The summed E-state index contributed by atoms with van der Waals surface area (Å²) in [4.78, 5) is 0. The maximum Gasteiger partial charge on any atom is -0.0391 e. The van der Waals surface area contributed by atoms with Crippen LogP contribution in [0, 0.1) is 23.7 Å². The van der Waals surface area contributed by atoms with Crippen molar-refractivity contribution in [2.45, 2.75) is 67.2 Å². The molecule has 0 aliphatic rings. The Morgan fingerprint density at radius 2 is 1.43 bits per heavy atom. The Balaban J connectivity index is 3.73. The SMILES string of the molecule is CCC(CC(C)CCC(C)C)C(C)C. The summed E-state index contributed by atoms with van der Waals surface area (Å²) < 4.78 is 0. The van der Waals surface area contributed by atoms with Gasteiger partial charge in [0.05, 0.1) is 0 Å². The summed E-state index contributed by atoms with van der Waals surface area (Å²) in [7, 11) is 0. The average molecular weight is 198 g/mol. The highest BCUT2D eigenvalue weighted by atomic mass is 14.2. The Labute approximate surface area is 91.5 Å². The first-order chi connectivity index (χ1) is 6.47. The smallest absolute Gasteiger partial charge is 0.0391 e. The minimum atomic E-state index is 0.862. The van der Waals surface area contributed by atoms with Crippen LogP contribution in [0.4, 0.5) is 0 Å². The number of hydrogen-bond acceptors (Lipinski definition) is 0. The van der Waals surface area contributed by atoms with Gasteiger partial charge in [-0.05, 0) is 30.1 Å². The third kappa shape index (κ3) is 6.45. The summed E-state index contributed by atoms with van der Waals surface area (Å²) in [6.07, 6.45) is 5.60. The molecule has 2 atom stereocenters. The van der Waals surface area contributed by atoms with E-state index in [1.54, 1.807) is 0 Å². The van der Waals surface area contributed by atoms with Crippen LogP contribution in [0.5, 0.6) is 0 Å². The molecule has 0 saturated carbocycles. The van der Waals surface area contributed by atoms with Crippen molar-refractivity contribution in [2.24, 2.45) is 23.7 Å². The van der Waals surface area contributed by atoms with Gasteiger partial charge in [-0.15, -0.1) is 0 Å². The van der Waals surface area contributed by atoms with Gasteiger partial charge in [-0.3, -0.25) is 0 Å². The van der Waals surface area contributed by atoms with Crippen LogP contribution >= 0.6 is 0 Å². The standard InChI is InChI=1S/C14H30/c1-7-14(12(4)5)10-13(6)9-8-11(2)3/h11-14H,7-10H2,1-6H3. The maximum atomic E-state index is 2.42. The van der Waals surface area contributed by atoms with E-state index in [2.05, 4.69) is 41.5 Å². The number of hydrogen-bond donors (Lipinski definition) is 0. The van der Waals surface area contributed by atoms with Gasteiger partial charge in [0, 0.05) is 0 Å². The van der Waals surface area contributed by atoms with Crippen molar-refractivity contribution in [3.63, 3.8) is 0 Å². The zero-order valence-corrected chi connectivity index (χ0v) is 11.1. The maximum absolute atomic E-state index is 2.42. The number of rotatable bonds is 7. The Bertz CT molecular complexity index is 124. The lowest BCUT2D eigenvalue weighted by Gasteiger charge is -2.23. The largest absolute Gasteiger partial charge is 0.0651 e. The Morgan fingerprint density at radius 3 is 1.79 bits per heavy atom. The fraction of sp³-hybridized carbons (Fsp3) is 1.00. The third-order valence-electron chi connectivity index (χ3n) is 3.41. The van der Waals surface area contributed by atoms with E-state index in [1.165, 1.54) is 25.7 Å². The van der Waals surface area contributed by atoms with Gasteiger partial charge in [0.1, 0.15) is 0 Å². The zero-order chi connectivity index (χ0) is 11.1. The van der Waals surface area contributed by atoms with Crippen LogP contribution in [-0.2, 0) is 0 Å². The first-order valence-electron chi connectivity index (χ1n) is 6.47. The zero-order valence-electron chi connectivity index (χ0n) is 11.1. The summed E-state index contributed by atoms with van der Waals surface area (Å²) >= 11 is 0. The van der Waals surface area contributed by atoms with Crippen LogP contribution in [0.1, 0.15) is 67.2 Å². The van der Waals surface area contributed by atoms with E-state index in [1.807, 2.05) is 0 Å². The molecule has 0 spiro atoms. The van der Waals surface area contributed by atoms with E-state index in [9.17, 15) is 0 Å². The molecule has 0 nitrogen and oxygen atoms in total. The van der Waals surface area contributed by atoms with Gasteiger partial charge >= 0.3 is 0 Å². The lowest BCUT2D eigenvalue weighted by atomic mass is 9.83. The van der Waals surface area contributed by atoms with E-state index >= 15 is 0 Å². The fourth-order valence-corrected chi connectivity index (χ4v) is 2.16. The highest BCUT2D eigenvalue weighted by Crippen LogP contribution is 2.26. The topological polar surface area (TPSA) is 0 Å². The van der Waals surface area contributed by atoms with E-state index in [0.717, 1.165) is 23.7 Å². The van der Waals surface area contributed by atoms with Crippen LogP contribution in [0.25, 0.3) is 0 Å². The van der Waals surface area contributed by atoms with E-state index in [4.69, 9.17) is 0 Å². The average Bonchev–Trinajstić information content (AvgIpc) is 2.10. The molecule has 0 aromatic heterocycles. The van der Waals surface area contributed by atoms with Gasteiger partial charge in [-0.1, -0.05) is 60.8 Å². The molecule has 0 fully saturated rings. The normalized spacial score (nSPS) is 16.3. The van der Waals surface area contributed by atoms with Gasteiger partial charge < -0.3 is 0 Å². The van der Waals surface area contributed by atoms with Crippen molar-refractivity contribution in [3.8, 4) is 0 Å². The molecule has 0 rings (SSSR count). The highest BCUT2D eigenvalue weighted by Gasteiger charge is 2.14. The van der Waals surface area contributed by atoms with Crippen LogP contribution < -0.4 is 0 Å². The van der Waals surface area contributed by atoms with E-state index in [-0.39, 0.29) is 0 Å². The Hall–Kier alpha value is 0. The molecule has 2 unspecified atom stereocenters. The molecule has 0 aromatic carbocycles. The van der Waals surface area contributed by atoms with Crippen molar-refractivity contribution < 1.29 is 0 Å². The molecule has 0 saturated heterocycles. The van der Waals surface area contributed by atoms with Crippen molar-refractivity contribution in [3.05, 3.63) is 0 Å². The Kier molecular flexibility index (Phi) is 7.31. The summed E-state index contributed by atoms with van der Waals surface area (Å²) in [6.45, 7) is 14.1. The molecule has 0 heterocycles. The van der Waals surface area contributed by atoms with Crippen molar-refractivity contribution in [1.29, 1.82) is 0 Å². The van der Waals surface area contributed by atoms with Gasteiger partial charge in [0.15, 0.2) is 0 Å². The van der Waals surface area contributed by atoms with Crippen molar-refractivity contribution >= 4 is 0 Å². The van der Waals surface area contributed by atoms with Gasteiger partial charge in [-0.2, -0.15) is 0 Å².